The van der Waals surface area contributed by atoms with E-state index in [9.17, 15) is 0 Å². The minimum atomic E-state index is 0.616. The van der Waals surface area contributed by atoms with Gasteiger partial charge in [0.05, 0.1) is 0 Å². The van der Waals surface area contributed by atoms with Crippen LogP contribution in [0.15, 0.2) is 10.6 Å². The van der Waals surface area contributed by atoms with Crippen LogP contribution in [0, 0.1) is 0 Å². The molecule has 14 heavy (non-hydrogen) atoms. The van der Waals surface area contributed by atoms with Crippen molar-refractivity contribution < 1.29 is 0 Å². The van der Waals surface area contributed by atoms with Gasteiger partial charge in [-0.2, -0.15) is 11.8 Å². The first-order valence-corrected chi connectivity index (χ1v) is 6.94. The van der Waals surface area contributed by atoms with E-state index >= 15 is 0 Å². The molecule has 1 nitrogen and oxygen atoms in total. The standard InChI is InChI=1S/C10H17Cl2NS/c1-2-14-10-5-3-4-9(10)13-7-8(12)6-11/h6,9-10,13H,2-5,7H2,1H3. The summed E-state index contributed by atoms with van der Waals surface area (Å²) in [4.78, 5) is 0. The van der Waals surface area contributed by atoms with Gasteiger partial charge in [-0.05, 0) is 18.6 Å². The average molecular weight is 254 g/mol. The van der Waals surface area contributed by atoms with Crippen LogP contribution >= 0.6 is 35.0 Å². The van der Waals surface area contributed by atoms with Gasteiger partial charge in [0.1, 0.15) is 0 Å². The van der Waals surface area contributed by atoms with Crippen LogP contribution in [0.4, 0.5) is 0 Å². The van der Waals surface area contributed by atoms with Crippen molar-refractivity contribution in [1.82, 2.24) is 5.32 Å². The first-order valence-electron chi connectivity index (χ1n) is 5.07. The number of nitrogens with one attached hydrogen (secondary N) is 1. The van der Waals surface area contributed by atoms with E-state index < -0.39 is 0 Å². The minimum Gasteiger partial charge on any atom is -0.308 e. The molecule has 82 valence electrons. The van der Waals surface area contributed by atoms with Crippen molar-refractivity contribution in [1.29, 1.82) is 0 Å². The lowest BCUT2D eigenvalue weighted by Gasteiger charge is -2.19. The van der Waals surface area contributed by atoms with Crippen molar-refractivity contribution >= 4 is 35.0 Å². The summed E-state index contributed by atoms with van der Waals surface area (Å²) >= 11 is 13.4. The zero-order valence-corrected chi connectivity index (χ0v) is 10.8. The molecule has 0 heterocycles. The Morgan fingerprint density at radius 3 is 3.00 bits per heavy atom. The summed E-state index contributed by atoms with van der Waals surface area (Å²) in [6, 6.07) is 0.616. The number of thioether (sulfide) groups is 1. The zero-order valence-electron chi connectivity index (χ0n) is 8.43. The van der Waals surface area contributed by atoms with Crippen molar-refractivity contribution in [3.05, 3.63) is 10.6 Å². The molecule has 1 N–H and O–H groups in total. The van der Waals surface area contributed by atoms with Crippen molar-refractivity contribution in [2.24, 2.45) is 0 Å². The van der Waals surface area contributed by atoms with E-state index in [1.54, 1.807) is 0 Å². The number of halogens is 2. The molecular formula is C10H17Cl2NS. The summed E-state index contributed by atoms with van der Waals surface area (Å²) in [7, 11) is 0. The molecule has 2 unspecified atom stereocenters. The molecule has 1 fully saturated rings. The van der Waals surface area contributed by atoms with Crippen molar-refractivity contribution in [2.45, 2.75) is 37.5 Å². The number of rotatable bonds is 5. The Balaban J connectivity index is 2.28. The fourth-order valence-electron chi connectivity index (χ4n) is 1.84. The highest BCUT2D eigenvalue weighted by Crippen LogP contribution is 2.29. The predicted molar refractivity (Wildman–Crippen MR) is 67.4 cm³/mol. The van der Waals surface area contributed by atoms with Gasteiger partial charge in [0, 0.05) is 28.4 Å². The van der Waals surface area contributed by atoms with E-state index in [2.05, 4.69) is 12.2 Å². The second-order valence-corrected chi connectivity index (χ2v) is 5.69. The maximum atomic E-state index is 5.83. The molecule has 0 aromatic heterocycles. The summed E-state index contributed by atoms with van der Waals surface area (Å²) in [5.41, 5.74) is 1.44. The molecule has 0 spiro atoms. The van der Waals surface area contributed by atoms with E-state index in [1.165, 1.54) is 30.6 Å². The Kier molecular flexibility index (Phi) is 6.34. The van der Waals surface area contributed by atoms with Crippen LogP contribution < -0.4 is 5.32 Å². The van der Waals surface area contributed by atoms with Crippen molar-refractivity contribution in [3.8, 4) is 0 Å². The Morgan fingerprint density at radius 1 is 1.57 bits per heavy atom. The Morgan fingerprint density at radius 2 is 2.36 bits per heavy atom. The molecule has 2 atom stereocenters. The van der Waals surface area contributed by atoms with Crippen LogP contribution in [0.5, 0.6) is 0 Å². The second kappa shape index (κ2) is 7.00. The van der Waals surface area contributed by atoms with Gasteiger partial charge in [-0.15, -0.1) is 0 Å². The normalized spacial score (nSPS) is 28.4. The molecule has 0 aromatic carbocycles. The van der Waals surface area contributed by atoms with Crippen LogP contribution in [0.25, 0.3) is 0 Å². The molecule has 1 rings (SSSR count). The molecule has 1 aliphatic carbocycles. The monoisotopic (exact) mass is 253 g/mol. The highest BCUT2D eigenvalue weighted by atomic mass is 35.5. The molecule has 1 aliphatic rings. The van der Waals surface area contributed by atoms with Gasteiger partial charge in [0.25, 0.3) is 0 Å². The number of hydrogen-bond donors (Lipinski definition) is 1. The highest BCUT2D eigenvalue weighted by molar-refractivity contribution is 7.99. The molecule has 1 saturated carbocycles. The first-order chi connectivity index (χ1) is 6.77. The van der Waals surface area contributed by atoms with Gasteiger partial charge < -0.3 is 5.32 Å². The first kappa shape index (κ1) is 12.7. The summed E-state index contributed by atoms with van der Waals surface area (Å²) in [5.74, 6) is 1.20. The van der Waals surface area contributed by atoms with Gasteiger partial charge in [-0.25, -0.2) is 0 Å². The SMILES string of the molecule is CCSC1CCCC1NCC(Cl)=CCl. The molecule has 0 radical (unpaired) electrons. The molecule has 0 amide bonds. The van der Waals surface area contributed by atoms with E-state index in [4.69, 9.17) is 23.2 Å². The Labute approximate surface area is 101 Å². The van der Waals surface area contributed by atoms with Crippen LogP contribution in [-0.4, -0.2) is 23.6 Å². The van der Waals surface area contributed by atoms with Gasteiger partial charge in [-0.3, -0.25) is 0 Å². The minimum absolute atomic E-state index is 0.616. The van der Waals surface area contributed by atoms with Crippen LogP contribution in [-0.2, 0) is 0 Å². The summed E-state index contributed by atoms with van der Waals surface area (Å²) in [6.45, 7) is 2.92. The molecule has 0 aliphatic heterocycles. The van der Waals surface area contributed by atoms with E-state index in [1.807, 2.05) is 11.8 Å². The fraction of sp³-hybridized carbons (Fsp3) is 0.800. The zero-order chi connectivity index (χ0) is 10.4. The second-order valence-electron chi connectivity index (χ2n) is 3.47. The highest BCUT2D eigenvalue weighted by Gasteiger charge is 2.26. The Bertz CT molecular complexity index is 197. The third-order valence-electron chi connectivity index (χ3n) is 2.48. The fourth-order valence-corrected chi connectivity index (χ4v) is 3.22. The quantitative estimate of drug-likeness (QED) is 0.805. The van der Waals surface area contributed by atoms with Gasteiger partial charge >= 0.3 is 0 Å². The van der Waals surface area contributed by atoms with Crippen LogP contribution in [0.3, 0.4) is 0 Å². The van der Waals surface area contributed by atoms with E-state index in [0.29, 0.717) is 17.6 Å². The Hall–Kier alpha value is 0.630. The molecule has 0 aromatic rings. The third-order valence-corrected chi connectivity index (χ3v) is 4.43. The van der Waals surface area contributed by atoms with Crippen LogP contribution in [0.1, 0.15) is 26.2 Å². The lowest BCUT2D eigenvalue weighted by Crippen LogP contribution is -2.34. The van der Waals surface area contributed by atoms with Gasteiger partial charge in [0.2, 0.25) is 0 Å². The summed E-state index contributed by atoms with van der Waals surface area (Å²) in [5, 5.41) is 4.92. The van der Waals surface area contributed by atoms with Crippen molar-refractivity contribution in [3.63, 3.8) is 0 Å². The van der Waals surface area contributed by atoms with E-state index in [-0.39, 0.29) is 0 Å². The predicted octanol–water partition coefficient (Wildman–Crippen LogP) is 3.57. The molecule has 0 bridgehead atoms. The summed E-state index contributed by atoms with van der Waals surface area (Å²) in [6.07, 6.45) is 3.93. The third kappa shape index (κ3) is 4.01. The smallest absolute Gasteiger partial charge is 0.0432 e. The molecule has 0 saturated heterocycles. The summed E-state index contributed by atoms with van der Waals surface area (Å²) < 4.78 is 0. The maximum absolute atomic E-state index is 5.83. The lowest BCUT2D eigenvalue weighted by atomic mass is 10.2. The van der Waals surface area contributed by atoms with Gasteiger partial charge in [0.15, 0.2) is 0 Å². The lowest BCUT2D eigenvalue weighted by molar-refractivity contribution is 0.563. The average Bonchev–Trinajstić information content (AvgIpc) is 2.62. The van der Waals surface area contributed by atoms with Gasteiger partial charge in [-0.1, -0.05) is 36.5 Å². The molecule has 4 heteroatoms. The topological polar surface area (TPSA) is 12.0 Å². The van der Waals surface area contributed by atoms with Crippen LogP contribution in [0.2, 0.25) is 0 Å². The van der Waals surface area contributed by atoms with E-state index in [0.717, 1.165) is 5.25 Å². The van der Waals surface area contributed by atoms with Crippen molar-refractivity contribution in [2.75, 3.05) is 12.3 Å². The largest absolute Gasteiger partial charge is 0.308 e. The maximum Gasteiger partial charge on any atom is 0.0432 e. The number of hydrogen-bond acceptors (Lipinski definition) is 2. The molecular weight excluding hydrogens is 237 g/mol.